The molecule has 0 saturated carbocycles. The van der Waals surface area contributed by atoms with E-state index in [-0.39, 0.29) is 0 Å². The summed E-state index contributed by atoms with van der Waals surface area (Å²) in [5.74, 6) is 1.13. The second-order valence-corrected chi connectivity index (χ2v) is 5.27. The largest absolute Gasteiger partial charge is 0.379 e. The Morgan fingerprint density at radius 1 is 1.18 bits per heavy atom. The molecule has 98 valence electrons. The number of carbonyl (C=O) groups is 1. The Morgan fingerprint density at radius 3 is 2.47 bits per heavy atom. The number of ether oxygens (including phenoxy) is 1. The first-order valence-corrected chi connectivity index (χ1v) is 6.83. The zero-order valence-electron chi connectivity index (χ0n) is 10.9. The lowest BCUT2D eigenvalue weighted by molar-refractivity contribution is -0.133. The van der Waals surface area contributed by atoms with Crippen molar-refractivity contribution in [3.05, 3.63) is 0 Å². The minimum Gasteiger partial charge on any atom is -0.379 e. The lowest BCUT2D eigenvalue weighted by atomic mass is 9.99. The van der Waals surface area contributed by atoms with Crippen molar-refractivity contribution in [1.29, 1.82) is 0 Å². The summed E-state index contributed by atoms with van der Waals surface area (Å²) in [6.45, 7) is 8.68. The van der Waals surface area contributed by atoms with Crippen LogP contribution in [-0.2, 0) is 9.53 Å². The summed E-state index contributed by atoms with van der Waals surface area (Å²) in [5, 5.41) is 0. The van der Waals surface area contributed by atoms with Gasteiger partial charge in [-0.3, -0.25) is 9.69 Å². The lowest BCUT2D eigenvalue weighted by Crippen LogP contribution is -2.41. The predicted octanol–water partition coefficient (Wildman–Crippen LogP) is 0.967. The van der Waals surface area contributed by atoms with Gasteiger partial charge in [0, 0.05) is 39.1 Å². The van der Waals surface area contributed by atoms with Crippen molar-refractivity contribution in [2.45, 2.75) is 26.2 Å². The first-order chi connectivity index (χ1) is 8.25. The van der Waals surface area contributed by atoms with Crippen molar-refractivity contribution < 1.29 is 9.53 Å². The molecule has 0 bridgehead atoms. The van der Waals surface area contributed by atoms with Crippen LogP contribution < -0.4 is 0 Å². The molecule has 0 aromatic heterocycles. The molecule has 2 rings (SSSR count). The van der Waals surface area contributed by atoms with Crippen LogP contribution in [0.1, 0.15) is 26.2 Å². The highest BCUT2D eigenvalue weighted by Gasteiger charge is 2.20. The molecule has 0 aromatic carbocycles. The molecule has 0 spiro atoms. The Labute approximate surface area is 104 Å². The summed E-state index contributed by atoms with van der Waals surface area (Å²) in [6, 6.07) is 0. The highest BCUT2D eigenvalue weighted by atomic mass is 16.5. The van der Waals surface area contributed by atoms with E-state index < -0.39 is 0 Å². The van der Waals surface area contributed by atoms with Crippen LogP contribution in [0.3, 0.4) is 0 Å². The zero-order valence-corrected chi connectivity index (χ0v) is 10.9. The quantitative estimate of drug-likeness (QED) is 0.737. The normalized spacial score (nSPS) is 23.9. The summed E-state index contributed by atoms with van der Waals surface area (Å²) in [5.41, 5.74) is 0. The van der Waals surface area contributed by atoms with E-state index in [0.29, 0.717) is 12.3 Å². The van der Waals surface area contributed by atoms with Gasteiger partial charge in [0.05, 0.1) is 13.2 Å². The molecule has 0 atom stereocenters. The number of piperidine rings is 1. The fraction of sp³-hybridized carbons (Fsp3) is 0.923. The fourth-order valence-corrected chi connectivity index (χ4v) is 2.49. The number of likely N-dealkylation sites (tertiary alicyclic amines) is 1. The van der Waals surface area contributed by atoms with Crippen molar-refractivity contribution in [2.75, 3.05) is 45.9 Å². The third-order valence-electron chi connectivity index (χ3n) is 3.88. The number of rotatable bonds is 3. The van der Waals surface area contributed by atoms with E-state index in [1.165, 1.54) is 12.8 Å². The molecule has 0 radical (unpaired) electrons. The second-order valence-electron chi connectivity index (χ2n) is 5.27. The zero-order chi connectivity index (χ0) is 12.1. The van der Waals surface area contributed by atoms with Crippen LogP contribution in [0.25, 0.3) is 0 Å². The maximum absolute atomic E-state index is 12.0. The maximum Gasteiger partial charge on any atom is 0.223 e. The van der Waals surface area contributed by atoms with Gasteiger partial charge in [0.25, 0.3) is 0 Å². The van der Waals surface area contributed by atoms with Gasteiger partial charge < -0.3 is 9.64 Å². The fourth-order valence-electron chi connectivity index (χ4n) is 2.49. The monoisotopic (exact) mass is 240 g/mol. The van der Waals surface area contributed by atoms with Gasteiger partial charge in [0.1, 0.15) is 0 Å². The third kappa shape index (κ3) is 3.96. The molecule has 2 aliphatic heterocycles. The molecule has 4 nitrogen and oxygen atoms in total. The van der Waals surface area contributed by atoms with Crippen LogP contribution in [0.5, 0.6) is 0 Å². The molecule has 0 unspecified atom stereocenters. The molecule has 0 aliphatic carbocycles. The Morgan fingerprint density at radius 2 is 1.82 bits per heavy atom. The Hall–Kier alpha value is -0.610. The average molecular weight is 240 g/mol. The van der Waals surface area contributed by atoms with Crippen molar-refractivity contribution >= 4 is 5.91 Å². The van der Waals surface area contributed by atoms with E-state index in [1.807, 2.05) is 4.90 Å². The molecule has 2 heterocycles. The van der Waals surface area contributed by atoms with E-state index in [9.17, 15) is 4.79 Å². The average Bonchev–Trinajstić information content (AvgIpc) is 2.38. The number of nitrogens with zero attached hydrogens (tertiary/aromatic N) is 2. The number of carbonyl (C=O) groups excluding carboxylic acids is 1. The van der Waals surface area contributed by atoms with Crippen molar-refractivity contribution in [3.8, 4) is 0 Å². The topological polar surface area (TPSA) is 32.8 Å². The molecule has 17 heavy (non-hydrogen) atoms. The maximum atomic E-state index is 12.0. The summed E-state index contributed by atoms with van der Waals surface area (Å²) in [6.07, 6.45) is 3.01. The van der Waals surface area contributed by atoms with Gasteiger partial charge in [0.15, 0.2) is 0 Å². The summed E-state index contributed by atoms with van der Waals surface area (Å²) in [7, 11) is 0. The molecule has 2 aliphatic rings. The van der Waals surface area contributed by atoms with E-state index in [0.717, 1.165) is 51.9 Å². The van der Waals surface area contributed by atoms with Crippen molar-refractivity contribution in [3.63, 3.8) is 0 Å². The molecule has 2 fully saturated rings. The van der Waals surface area contributed by atoms with Crippen LogP contribution in [0, 0.1) is 5.92 Å². The summed E-state index contributed by atoms with van der Waals surface area (Å²) >= 11 is 0. The van der Waals surface area contributed by atoms with Crippen molar-refractivity contribution in [2.24, 2.45) is 5.92 Å². The van der Waals surface area contributed by atoms with Crippen molar-refractivity contribution in [1.82, 2.24) is 9.80 Å². The third-order valence-corrected chi connectivity index (χ3v) is 3.88. The molecule has 2 saturated heterocycles. The van der Waals surface area contributed by atoms with Gasteiger partial charge >= 0.3 is 0 Å². The first kappa shape index (κ1) is 12.8. The van der Waals surface area contributed by atoms with Crippen LogP contribution in [0.2, 0.25) is 0 Å². The smallest absolute Gasteiger partial charge is 0.223 e. The minimum absolute atomic E-state index is 0.336. The predicted molar refractivity (Wildman–Crippen MR) is 66.9 cm³/mol. The molecule has 1 amide bonds. The Balaban J connectivity index is 1.66. The minimum atomic E-state index is 0.336. The van der Waals surface area contributed by atoms with Gasteiger partial charge in [-0.1, -0.05) is 6.92 Å². The van der Waals surface area contributed by atoms with E-state index in [4.69, 9.17) is 4.74 Å². The summed E-state index contributed by atoms with van der Waals surface area (Å²) in [4.78, 5) is 16.4. The Kier molecular flexibility index (Phi) is 4.80. The van der Waals surface area contributed by atoms with Gasteiger partial charge in [-0.2, -0.15) is 0 Å². The SMILES string of the molecule is CC1CCN(C(=O)CCN2CCOCC2)CC1. The van der Waals surface area contributed by atoms with E-state index in [2.05, 4.69) is 11.8 Å². The molecular formula is C13H24N2O2. The number of amides is 1. The van der Waals surface area contributed by atoms with Gasteiger partial charge in [-0.05, 0) is 18.8 Å². The molecular weight excluding hydrogens is 216 g/mol. The van der Waals surface area contributed by atoms with Crippen LogP contribution >= 0.6 is 0 Å². The number of morpholine rings is 1. The molecule has 4 heteroatoms. The Bertz CT molecular complexity index is 244. The van der Waals surface area contributed by atoms with E-state index in [1.54, 1.807) is 0 Å². The van der Waals surface area contributed by atoms with E-state index >= 15 is 0 Å². The molecule has 0 aromatic rings. The van der Waals surface area contributed by atoms with Gasteiger partial charge in [0.2, 0.25) is 5.91 Å². The second kappa shape index (κ2) is 6.36. The summed E-state index contributed by atoms with van der Waals surface area (Å²) < 4.78 is 5.30. The van der Waals surface area contributed by atoms with Gasteiger partial charge in [-0.25, -0.2) is 0 Å². The number of hydrogen-bond acceptors (Lipinski definition) is 3. The highest BCUT2D eigenvalue weighted by molar-refractivity contribution is 5.76. The number of hydrogen-bond donors (Lipinski definition) is 0. The van der Waals surface area contributed by atoms with Crippen LogP contribution in [-0.4, -0.2) is 61.6 Å². The van der Waals surface area contributed by atoms with Gasteiger partial charge in [-0.15, -0.1) is 0 Å². The highest BCUT2D eigenvalue weighted by Crippen LogP contribution is 2.16. The first-order valence-electron chi connectivity index (χ1n) is 6.83. The van der Waals surface area contributed by atoms with Crippen LogP contribution in [0.15, 0.2) is 0 Å². The molecule has 0 N–H and O–H groups in total. The standard InChI is InChI=1S/C13H24N2O2/c1-12-2-6-15(7-3-12)13(16)4-5-14-8-10-17-11-9-14/h12H,2-11H2,1H3. The lowest BCUT2D eigenvalue weighted by Gasteiger charge is -2.32. The van der Waals surface area contributed by atoms with Crippen LogP contribution in [0.4, 0.5) is 0 Å².